The zero-order valence-corrected chi connectivity index (χ0v) is 9.28. The first-order valence-corrected chi connectivity index (χ1v) is 4.83. The summed E-state index contributed by atoms with van der Waals surface area (Å²) in [7, 11) is 1.20. The van der Waals surface area contributed by atoms with Crippen LogP contribution >= 0.6 is 15.9 Å². The van der Waals surface area contributed by atoms with Gasteiger partial charge in [-0.25, -0.2) is 14.2 Å². The van der Waals surface area contributed by atoms with Crippen LogP contribution in [-0.2, 0) is 4.74 Å². The van der Waals surface area contributed by atoms with Crippen molar-refractivity contribution in [2.45, 2.75) is 0 Å². The molecule has 0 aliphatic carbocycles. The molecular formula is C9H6BrFN2O2. The van der Waals surface area contributed by atoms with Crippen LogP contribution in [0.15, 0.2) is 23.1 Å². The molecule has 0 spiro atoms. The van der Waals surface area contributed by atoms with Crippen molar-refractivity contribution < 1.29 is 13.9 Å². The number of pyridine rings is 1. The first-order valence-electron chi connectivity index (χ1n) is 4.04. The van der Waals surface area contributed by atoms with Crippen molar-refractivity contribution in [2.24, 2.45) is 0 Å². The van der Waals surface area contributed by atoms with Crippen molar-refractivity contribution in [3.63, 3.8) is 0 Å². The van der Waals surface area contributed by atoms with Crippen molar-refractivity contribution in [2.75, 3.05) is 7.11 Å². The second-order valence-electron chi connectivity index (χ2n) is 2.86. The minimum Gasteiger partial charge on any atom is -0.465 e. The molecule has 0 atom stereocenters. The molecule has 0 aromatic carbocycles. The summed E-state index contributed by atoms with van der Waals surface area (Å²) in [6.07, 6.45) is 2.78. The number of carbonyl (C=O) groups excluding carboxylic acids is 1. The van der Waals surface area contributed by atoms with E-state index in [1.807, 2.05) is 0 Å². The molecule has 2 aromatic heterocycles. The Hall–Kier alpha value is -1.43. The van der Waals surface area contributed by atoms with E-state index in [9.17, 15) is 9.18 Å². The normalized spacial score (nSPS) is 10.6. The van der Waals surface area contributed by atoms with E-state index < -0.39 is 11.8 Å². The van der Waals surface area contributed by atoms with Gasteiger partial charge >= 0.3 is 5.97 Å². The van der Waals surface area contributed by atoms with Gasteiger partial charge in [-0.1, -0.05) is 0 Å². The van der Waals surface area contributed by atoms with Gasteiger partial charge in [0.2, 0.25) is 0 Å². The van der Waals surface area contributed by atoms with Gasteiger partial charge in [0.1, 0.15) is 15.8 Å². The van der Waals surface area contributed by atoms with Gasteiger partial charge in [-0.05, 0) is 22.0 Å². The van der Waals surface area contributed by atoms with Crippen LogP contribution in [0.2, 0.25) is 0 Å². The Morgan fingerprint density at radius 1 is 1.60 bits per heavy atom. The van der Waals surface area contributed by atoms with E-state index in [1.165, 1.54) is 23.8 Å². The number of ether oxygens (including phenoxy) is 1. The maximum Gasteiger partial charge on any atom is 0.341 e. The highest BCUT2D eigenvalue weighted by Gasteiger charge is 2.14. The highest BCUT2D eigenvalue weighted by Crippen LogP contribution is 2.15. The summed E-state index contributed by atoms with van der Waals surface area (Å²) in [5.74, 6) is -1.35. The maximum atomic E-state index is 13.4. The Morgan fingerprint density at radius 2 is 2.33 bits per heavy atom. The van der Waals surface area contributed by atoms with Crippen molar-refractivity contribution in [1.82, 2.24) is 9.38 Å². The number of methoxy groups -OCH3 is 1. The lowest BCUT2D eigenvalue weighted by Gasteiger charge is -2.01. The standard InChI is InChI=1S/C9H6BrFN2O2/c1-15-9(14)5-2-8-12-7(10)4-13(8)3-6(5)11/h2-4H,1H3. The number of esters is 1. The van der Waals surface area contributed by atoms with Crippen LogP contribution in [0.5, 0.6) is 0 Å². The van der Waals surface area contributed by atoms with Gasteiger partial charge in [0.25, 0.3) is 0 Å². The molecule has 2 aromatic rings. The van der Waals surface area contributed by atoms with E-state index in [1.54, 1.807) is 6.20 Å². The topological polar surface area (TPSA) is 43.6 Å². The van der Waals surface area contributed by atoms with Crippen LogP contribution in [0, 0.1) is 5.82 Å². The van der Waals surface area contributed by atoms with Crippen LogP contribution in [0.3, 0.4) is 0 Å². The largest absolute Gasteiger partial charge is 0.465 e. The molecule has 0 saturated heterocycles. The molecule has 0 bridgehead atoms. The summed E-state index contributed by atoms with van der Waals surface area (Å²) in [6.45, 7) is 0. The van der Waals surface area contributed by atoms with Gasteiger partial charge in [-0.3, -0.25) is 0 Å². The van der Waals surface area contributed by atoms with E-state index in [0.29, 0.717) is 10.3 Å². The molecule has 0 amide bonds. The molecule has 6 heteroatoms. The van der Waals surface area contributed by atoms with E-state index in [-0.39, 0.29) is 5.56 Å². The Labute approximate surface area is 92.8 Å². The lowest BCUT2D eigenvalue weighted by atomic mass is 10.2. The molecule has 0 aliphatic heterocycles. The Kier molecular flexibility index (Phi) is 2.44. The molecule has 0 N–H and O–H groups in total. The van der Waals surface area contributed by atoms with Crippen LogP contribution in [-0.4, -0.2) is 22.5 Å². The fourth-order valence-corrected chi connectivity index (χ4v) is 1.65. The van der Waals surface area contributed by atoms with Crippen molar-refractivity contribution in [1.29, 1.82) is 0 Å². The fraction of sp³-hybridized carbons (Fsp3) is 0.111. The number of carbonyl (C=O) groups is 1. The van der Waals surface area contributed by atoms with Crippen LogP contribution in [0.4, 0.5) is 4.39 Å². The summed E-state index contributed by atoms with van der Waals surface area (Å²) in [6, 6.07) is 1.34. The Bertz CT molecular complexity index is 538. The summed E-state index contributed by atoms with van der Waals surface area (Å²) < 4.78 is 19.9. The van der Waals surface area contributed by atoms with E-state index in [2.05, 4.69) is 25.7 Å². The van der Waals surface area contributed by atoms with Crippen molar-refractivity contribution in [3.8, 4) is 0 Å². The minimum absolute atomic E-state index is 0.122. The van der Waals surface area contributed by atoms with E-state index in [4.69, 9.17) is 0 Å². The first-order chi connectivity index (χ1) is 7.11. The summed E-state index contributed by atoms with van der Waals surface area (Å²) >= 11 is 3.16. The molecule has 0 saturated carbocycles. The van der Waals surface area contributed by atoms with Crippen molar-refractivity contribution >= 4 is 27.5 Å². The molecule has 0 aliphatic rings. The molecule has 2 rings (SSSR count). The quantitative estimate of drug-likeness (QED) is 0.746. The number of nitrogens with zero attached hydrogens (tertiary/aromatic N) is 2. The molecule has 78 valence electrons. The smallest absolute Gasteiger partial charge is 0.341 e. The number of hydrogen-bond acceptors (Lipinski definition) is 3. The second-order valence-corrected chi connectivity index (χ2v) is 3.67. The third-order valence-corrected chi connectivity index (χ3v) is 2.30. The summed E-state index contributed by atoms with van der Waals surface area (Å²) in [5, 5.41) is 0. The number of aromatic nitrogens is 2. The monoisotopic (exact) mass is 272 g/mol. The van der Waals surface area contributed by atoms with Crippen molar-refractivity contribution in [3.05, 3.63) is 34.4 Å². The van der Waals surface area contributed by atoms with E-state index >= 15 is 0 Å². The SMILES string of the molecule is COC(=O)c1cc2nc(Br)cn2cc1F. The second kappa shape index (κ2) is 3.62. The number of imidazole rings is 1. The molecule has 15 heavy (non-hydrogen) atoms. The average molecular weight is 273 g/mol. The first kappa shape index (κ1) is 10.1. The zero-order valence-electron chi connectivity index (χ0n) is 7.70. The molecular weight excluding hydrogens is 267 g/mol. The minimum atomic E-state index is -0.714. The zero-order chi connectivity index (χ0) is 11.0. The highest BCUT2D eigenvalue weighted by atomic mass is 79.9. The van der Waals surface area contributed by atoms with Gasteiger partial charge in [-0.15, -0.1) is 0 Å². The lowest BCUT2D eigenvalue weighted by Crippen LogP contribution is -2.05. The van der Waals surface area contributed by atoms with Gasteiger partial charge in [0.05, 0.1) is 7.11 Å². The number of halogens is 2. The van der Waals surface area contributed by atoms with Crippen LogP contribution in [0.25, 0.3) is 5.65 Å². The predicted molar refractivity (Wildman–Crippen MR) is 54.2 cm³/mol. The molecule has 0 fully saturated rings. The number of hydrogen-bond donors (Lipinski definition) is 0. The highest BCUT2D eigenvalue weighted by molar-refractivity contribution is 9.10. The molecule has 0 unspecified atom stereocenters. The molecule has 0 radical (unpaired) electrons. The third-order valence-electron chi connectivity index (χ3n) is 1.92. The Balaban J connectivity index is 2.66. The van der Waals surface area contributed by atoms with Gasteiger partial charge < -0.3 is 9.14 Å². The third kappa shape index (κ3) is 1.72. The average Bonchev–Trinajstić information content (AvgIpc) is 2.55. The van der Waals surface area contributed by atoms with Gasteiger partial charge in [0.15, 0.2) is 5.82 Å². The maximum absolute atomic E-state index is 13.4. The number of fused-ring (bicyclic) bond motifs is 1. The molecule has 4 nitrogen and oxygen atoms in total. The van der Waals surface area contributed by atoms with Crippen LogP contribution < -0.4 is 0 Å². The molecule has 2 heterocycles. The summed E-state index contributed by atoms with van der Waals surface area (Å²) in [5.41, 5.74) is 0.353. The summed E-state index contributed by atoms with van der Waals surface area (Å²) in [4.78, 5) is 15.2. The van der Waals surface area contributed by atoms with Gasteiger partial charge in [0, 0.05) is 12.4 Å². The predicted octanol–water partition coefficient (Wildman–Crippen LogP) is 2.02. The van der Waals surface area contributed by atoms with Crippen LogP contribution in [0.1, 0.15) is 10.4 Å². The lowest BCUT2D eigenvalue weighted by molar-refractivity contribution is 0.0595. The fourth-order valence-electron chi connectivity index (χ4n) is 1.24. The van der Waals surface area contributed by atoms with E-state index in [0.717, 1.165) is 0 Å². The van der Waals surface area contributed by atoms with Gasteiger partial charge in [-0.2, -0.15) is 0 Å². The number of rotatable bonds is 1. The Morgan fingerprint density at radius 3 is 3.00 bits per heavy atom.